The minimum atomic E-state index is 0.723. The van der Waals surface area contributed by atoms with Crippen LogP contribution in [-0.2, 0) is 6.42 Å². The zero-order valence-electron chi connectivity index (χ0n) is 14.9. The van der Waals surface area contributed by atoms with Crippen LogP contribution in [0.3, 0.4) is 0 Å². The molecule has 2 aromatic heterocycles. The quantitative estimate of drug-likeness (QED) is 0.491. The van der Waals surface area contributed by atoms with E-state index in [1.807, 2.05) is 36.4 Å². The maximum Gasteiger partial charge on any atom is 0.137 e. The molecule has 0 spiro atoms. The summed E-state index contributed by atoms with van der Waals surface area (Å²) in [5.74, 6) is 0. The predicted molar refractivity (Wildman–Crippen MR) is 109 cm³/mol. The molecule has 0 fully saturated rings. The minimum Gasteiger partial charge on any atom is -0.378 e. The monoisotopic (exact) mass is 361 g/mol. The highest BCUT2D eigenvalue weighted by Gasteiger charge is 2.14. The van der Waals surface area contributed by atoms with Gasteiger partial charge in [-0.2, -0.15) is 0 Å². The Hall–Kier alpha value is -2.78. The summed E-state index contributed by atoms with van der Waals surface area (Å²) in [5.41, 5.74) is 6.59. The zero-order valence-corrected chi connectivity index (χ0v) is 15.6. The lowest BCUT2D eigenvalue weighted by Gasteiger charge is -2.13. The molecule has 3 nitrogen and oxygen atoms in total. The lowest BCUT2D eigenvalue weighted by molar-refractivity contribution is 1.03. The van der Waals surface area contributed by atoms with Crippen LogP contribution in [0, 0.1) is 0 Å². The first-order chi connectivity index (χ1) is 12.6. The van der Waals surface area contributed by atoms with Gasteiger partial charge in [-0.25, -0.2) is 4.98 Å². The second kappa shape index (κ2) is 6.85. The highest BCUT2D eigenvalue weighted by Crippen LogP contribution is 2.28. The summed E-state index contributed by atoms with van der Waals surface area (Å²) in [6.45, 7) is 0. The van der Waals surface area contributed by atoms with E-state index in [4.69, 9.17) is 16.6 Å². The molecule has 0 radical (unpaired) electrons. The fraction of sp³-hybridized carbons (Fsp3) is 0.136. The molecular weight excluding hydrogens is 342 g/mol. The van der Waals surface area contributed by atoms with Gasteiger partial charge in [0.2, 0.25) is 0 Å². The number of nitrogens with zero attached hydrogens (tertiary/aromatic N) is 3. The topological polar surface area (TPSA) is 20.5 Å². The lowest BCUT2D eigenvalue weighted by Crippen LogP contribution is -2.08. The predicted octanol–water partition coefficient (Wildman–Crippen LogP) is 5.31. The number of rotatable bonds is 4. The molecule has 0 amide bonds. The first kappa shape index (κ1) is 16.7. The van der Waals surface area contributed by atoms with Crippen molar-refractivity contribution in [3.8, 4) is 11.3 Å². The van der Waals surface area contributed by atoms with Crippen LogP contribution in [0.4, 0.5) is 5.69 Å². The summed E-state index contributed by atoms with van der Waals surface area (Å²) >= 11 is 6.21. The number of anilines is 1. The summed E-state index contributed by atoms with van der Waals surface area (Å²) in [6.07, 6.45) is 2.88. The van der Waals surface area contributed by atoms with Crippen molar-refractivity contribution in [1.29, 1.82) is 0 Å². The molecule has 4 aromatic rings. The summed E-state index contributed by atoms with van der Waals surface area (Å²) < 4.78 is 2.16. The van der Waals surface area contributed by atoms with Gasteiger partial charge in [0.1, 0.15) is 5.65 Å². The third-order valence-electron chi connectivity index (χ3n) is 4.55. The molecule has 130 valence electrons. The van der Waals surface area contributed by atoms with Gasteiger partial charge in [-0.05, 0) is 42.0 Å². The maximum absolute atomic E-state index is 6.21. The van der Waals surface area contributed by atoms with E-state index in [1.165, 1.54) is 16.9 Å². The van der Waals surface area contributed by atoms with Gasteiger partial charge in [-0.1, -0.05) is 41.9 Å². The molecule has 4 heteroatoms. The van der Waals surface area contributed by atoms with Crippen molar-refractivity contribution in [2.24, 2.45) is 0 Å². The first-order valence-electron chi connectivity index (χ1n) is 8.60. The zero-order chi connectivity index (χ0) is 18.1. The Kier molecular flexibility index (Phi) is 4.39. The van der Waals surface area contributed by atoms with E-state index in [-0.39, 0.29) is 0 Å². The Morgan fingerprint density at radius 3 is 2.50 bits per heavy atom. The average Bonchev–Trinajstić information content (AvgIpc) is 3.01. The van der Waals surface area contributed by atoms with E-state index >= 15 is 0 Å². The van der Waals surface area contributed by atoms with Crippen LogP contribution in [0.25, 0.3) is 16.9 Å². The number of benzene rings is 2. The Labute approximate surface area is 158 Å². The third-order valence-corrected chi connectivity index (χ3v) is 4.79. The van der Waals surface area contributed by atoms with E-state index in [2.05, 4.69) is 59.9 Å². The van der Waals surface area contributed by atoms with E-state index in [0.717, 1.165) is 28.3 Å². The molecule has 0 aliphatic carbocycles. The second-order valence-corrected chi connectivity index (χ2v) is 7.02. The maximum atomic E-state index is 6.21. The van der Waals surface area contributed by atoms with E-state index in [0.29, 0.717) is 0 Å². The van der Waals surface area contributed by atoms with Crippen LogP contribution in [0.2, 0.25) is 5.02 Å². The molecule has 2 aromatic carbocycles. The number of hydrogen-bond donors (Lipinski definition) is 0. The van der Waals surface area contributed by atoms with Crippen LogP contribution >= 0.6 is 11.6 Å². The summed E-state index contributed by atoms with van der Waals surface area (Å²) in [5, 5.41) is 0.723. The van der Waals surface area contributed by atoms with Gasteiger partial charge in [0.25, 0.3) is 0 Å². The summed E-state index contributed by atoms with van der Waals surface area (Å²) in [7, 11) is 4.10. The van der Waals surface area contributed by atoms with Gasteiger partial charge in [0, 0.05) is 43.0 Å². The number of halogens is 1. The summed E-state index contributed by atoms with van der Waals surface area (Å²) in [6, 6.07) is 22.6. The molecular formula is C22H20ClN3. The van der Waals surface area contributed by atoms with Gasteiger partial charge in [-0.15, -0.1) is 0 Å². The van der Waals surface area contributed by atoms with Crippen molar-refractivity contribution in [3.63, 3.8) is 0 Å². The fourth-order valence-corrected chi connectivity index (χ4v) is 3.38. The molecule has 0 aliphatic rings. The van der Waals surface area contributed by atoms with Crippen LogP contribution < -0.4 is 4.90 Å². The van der Waals surface area contributed by atoms with Crippen molar-refractivity contribution in [1.82, 2.24) is 9.38 Å². The van der Waals surface area contributed by atoms with Crippen molar-refractivity contribution < 1.29 is 0 Å². The van der Waals surface area contributed by atoms with Gasteiger partial charge in [0.15, 0.2) is 0 Å². The van der Waals surface area contributed by atoms with E-state index < -0.39 is 0 Å². The Morgan fingerprint density at radius 2 is 1.77 bits per heavy atom. The highest BCUT2D eigenvalue weighted by atomic mass is 35.5. The van der Waals surface area contributed by atoms with Gasteiger partial charge >= 0.3 is 0 Å². The number of imidazole rings is 1. The molecule has 0 unspecified atom stereocenters. The SMILES string of the molecule is CN(C)c1ccc(Cc2c(-c3cccc(Cl)c3)nc3ccccn23)cc1. The van der Waals surface area contributed by atoms with Crippen LogP contribution in [0.15, 0.2) is 72.9 Å². The second-order valence-electron chi connectivity index (χ2n) is 6.58. The van der Waals surface area contributed by atoms with Crippen molar-refractivity contribution in [2.45, 2.75) is 6.42 Å². The number of pyridine rings is 1. The molecule has 0 saturated carbocycles. The van der Waals surface area contributed by atoms with E-state index in [1.54, 1.807) is 0 Å². The van der Waals surface area contributed by atoms with Gasteiger partial charge in [0.05, 0.1) is 11.4 Å². The van der Waals surface area contributed by atoms with Crippen molar-refractivity contribution in [3.05, 3.63) is 89.2 Å². The van der Waals surface area contributed by atoms with E-state index in [9.17, 15) is 0 Å². The molecule has 0 atom stereocenters. The normalized spacial score (nSPS) is 11.0. The molecule has 4 rings (SSSR count). The number of fused-ring (bicyclic) bond motifs is 1. The molecule has 2 heterocycles. The molecule has 0 N–H and O–H groups in total. The number of hydrogen-bond acceptors (Lipinski definition) is 2. The average molecular weight is 362 g/mol. The third kappa shape index (κ3) is 3.18. The Bertz CT molecular complexity index is 1050. The van der Waals surface area contributed by atoms with Gasteiger partial charge in [-0.3, -0.25) is 0 Å². The lowest BCUT2D eigenvalue weighted by atomic mass is 10.0. The van der Waals surface area contributed by atoms with Crippen LogP contribution in [0.5, 0.6) is 0 Å². The molecule has 0 saturated heterocycles. The largest absolute Gasteiger partial charge is 0.378 e. The fourth-order valence-electron chi connectivity index (χ4n) is 3.19. The van der Waals surface area contributed by atoms with Crippen molar-refractivity contribution in [2.75, 3.05) is 19.0 Å². The molecule has 0 aliphatic heterocycles. The Morgan fingerprint density at radius 1 is 0.962 bits per heavy atom. The van der Waals surface area contributed by atoms with Crippen LogP contribution in [0.1, 0.15) is 11.3 Å². The van der Waals surface area contributed by atoms with Crippen molar-refractivity contribution >= 4 is 22.9 Å². The minimum absolute atomic E-state index is 0.723. The van der Waals surface area contributed by atoms with Gasteiger partial charge < -0.3 is 9.30 Å². The highest BCUT2D eigenvalue weighted by molar-refractivity contribution is 6.30. The van der Waals surface area contributed by atoms with Crippen LogP contribution in [-0.4, -0.2) is 23.5 Å². The molecule has 0 bridgehead atoms. The first-order valence-corrected chi connectivity index (χ1v) is 8.98. The molecule has 26 heavy (non-hydrogen) atoms. The summed E-state index contributed by atoms with van der Waals surface area (Å²) in [4.78, 5) is 6.97. The standard InChI is InChI=1S/C22H20ClN3/c1-25(2)19-11-9-16(10-12-19)14-20-22(17-6-5-7-18(23)15-17)24-21-8-3-4-13-26(20)21/h3-13,15H,14H2,1-2H3. The number of aromatic nitrogens is 2. The Balaban J connectivity index is 1.81. The smallest absolute Gasteiger partial charge is 0.137 e.